The van der Waals surface area contributed by atoms with Gasteiger partial charge in [0.15, 0.2) is 0 Å². The van der Waals surface area contributed by atoms with Crippen LogP contribution in [0.3, 0.4) is 0 Å². The lowest BCUT2D eigenvalue weighted by Crippen LogP contribution is -2.62. The molecule has 0 bridgehead atoms. The minimum absolute atomic E-state index is 0.0391. The van der Waals surface area contributed by atoms with E-state index in [1.165, 1.54) is 12.1 Å². The quantitative estimate of drug-likeness (QED) is 0.0280. The third-order valence-electron chi connectivity index (χ3n) is 13.8. The third kappa shape index (κ3) is 30.6. The lowest BCUT2D eigenvalue weighted by Gasteiger charge is -2.29. The van der Waals surface area contributed by atoms with Crippen LogP contribution in [0.5, 0.6) is 5.75 Å². The average molecular weight is 1230 g/mol. The number of carbonyl (C=O) groups excluding carboxylic acids is 11. The zero-order valence-electron chi connectivity index (χ0n) is 51.3. The molecular formula is C57H99N15O15. The van der Waals surface area contributed by atoms with Crippen molar-refractivity contribution in [3.05, 3.63) is 29.8 Å². The normalized spacial score (nSPS) is 15.1. The van der Waals surface area contributed by atoms with Gasteiger partial charge >= 0.3 is 5.97 Å². The van der Waals surface area contributed by atoms with Crippen LogP contribution in [0, 0.1) is 17.8 Å². The molecule has 1 rings (SSSR count). The number of aromatic hydroxyl groups is 1. The summed E-state index contributed by atoms with van der Waals surface area (Å²) in [5, 5.41) is 53.0. The highest BCUT2D eigenvalue weighted by Gasteiger charge is 2.38. The molecule has 0 heterocycles. The Bertz CT molecular complexity index is 2410. The summed E-state index contributed by atoms with van der Waals surface area (Å²) < 4.78 is 0. The number of primary amides is 2. The number of aliphatic hydroxyl groups is 1. The molecule has 1 aromatic carbocycles. The number of rotatable bonds is 44. The second-order valence-electron chi connectivity index (χ2n) is 23.0. The molecule has 0 spiro atoms. The number of carboxylic acid groups (broad SMARTS) is 1. The minimum atomic E-state index is -1.92. The molecule has 11 amide bonds. The van der Waals surface area contributed by atoms with E-state index in [0.717, 1.165) is 6.92 Å². The number of hydrogen-bond donors (Lipinski definition) is 18. The molecule has 0 saturated heterocycles. The van der Waals surface area contributed by atoms with Gasteiger partial charge in [-0.05, 0) is 133 Å². The molecule has 0 fully saturated rings. The second kappa shape index (κ2) is 40.8. The lowest BCUT2D eigenvalue weighted by molar-refractivity contribution is -0.143. The van der Waals surface area contributed by atoms with Crippen LogP contribution in [0.2, 0.25) is 0 Å². The van der Waals surface area contributed by atoms with E-state index in [-0.39, 0.29) is 75.6 Å². The highest BCUT2D eigenvalue weighted by molar-refractivity contribution is 5.99. The van der Waals surface area contributed by atoms with Crippen LogP contribution < -0.4 is 82.3 Å². The molecule has 24 N–H and O–H groups in total. The number of phenolic OH excluding ortho intramolecular Hbond substituents is 1. The van der Waals surface area contributed by atoms with Crippen molar-refractivity contribution in [3.8, 4) is 5.75 Å². The van der Waals surface area contributed by atoms with Gasteiger partial charge in [0.05, 0.1) is 18.6 Å². The van der Waals surface area contributed by atoms with Gasteiger partial charge in [-0.1, -0.05) is 60.1 Å². The van der Waals surface area contributed by atoms with E-state index in [0.29, 0.717) is 44.2 Å². The number of phenols is 1. The van der Waals surface area contributed by atoms with Crippen LogP contribution in [0.25, 0.3) is 0 Å². The molecule has 11 atom stereocenters. The fraction of sp³-hybridized carbons (Fsp3) is 0.684. The number of hydrogen-bond acceptors (Lipinski definition) is 18. The molecule has 30 nitrogen and oxygen atoms in total. The minimum Gasteiger partial charge on any atom is -0.508 e. The first-order chi connectivity index (χ1) is 40.8. The summed E-state index contributed by atoms with van der Waals surface area (Å²) in [6.45, 7) is 12.2. The molecule has 492 valence electrons. The molecule has 0 aliphatic carbocycles. The van der Waals surface area contributed by atoms with Gasteiger partial charge in [0.1, 0.15) is 60.1 Å². The number of carbonyl (C=O) groups is 12. The molecule has 0 radical (unpaired) electrons. The van der Waals surface area contributed by atoms with Crippen LogP contribution in [-0.2, 0) is 64.0 Å². The fourth-order valence-electron chi connectivity index (χ4n) is 8.94. The number of unbranched alkanes of at least 4 members (excludes halogenated alkanes) is 3. The SMILES string of the molecule is CC(C)C[C@H](NC(=O)[C@H](CCCCN)NC(=O)[C@H](CC(C)C)NC(=O)[C@@H](NC(=O)[C@H](CC(N)=O)NC(=O)[C@H](CCC(N)=O)NC(=O)[C@H](CCCCN)NC(=O)[C@@H](NC(=O)[C@H](Cc1ccc(O)cc1)NC(=O)[C@@H](N)CCCCN)C(C)C)[C@@H](C)O)C(=O)O. The molecule has 30 heteroatoms. The molecule has 0 unspecified atom stereocenters. The summed E-state index contributed by atoms with van der Waals surface area (Å²) in [5.41, 5.74) is 34.6. The van der Waals surface area contributed by atoms with Gasteiger partial charge < -0.3 is 97.6 Å². The summed E-state index contributed by atoms with van der Waals surface area (Å²) in [7, 11) is 0. The number of amides is 11. The monoisotopic (exact) mass is 1230 g/mol. The number of nitrogens with one attached hydrogen (secondary N) is 9. The van der Waals surface area contributed by atoms with Crippen molar-refractivity contribution in [1.29, 1.82) is 0 Å². The van der Waals surface area contributed by atoms with E-state index < -0.39 is 163 Å². The number of aliphatic carboxylic acids is 1. The Morgan fingerprint density at radius 3 is 1.26 bits per heavy atom. The van der Waals surface area contributed by atoms with Gasteiger partial charge in [-0.15, -0.1) is 0 Å². The van der Waals surface area contributed by atoms with Gasteiger partial charge in [0, 0.05) is 12.8 Å². The van der Waals surface area contributed by atoms with Crippen LogP contribution >= 0.6 is 0 Å². The fourth-order valence-corrected chi connectivity index (χ4v) is 8.94. The summed E-state index contributed by atoms with van der Waals surface area (Å²) in [6, 6.07) is -8.67. The van der Waals surface area contributed by atoms with Crippen LogP contribution in [0.15, 0.2) is 24.3 Å². The maximum atomic E-state index is 14.3. The average Bonchev–Trinajstić information content (AvgIpc) is 2.57. The summed E-state index contributed by atoms with van der Waals surface area (Å²) in [4.78, 5) is 162. The number of carboxylic acids is 1. The van der Waals surface area contributed by atoms with Crippen LogP contribution in [0.4, 0.5) is 0 Å². The van der Waals surface area contributed by atoms with E-state index in [2.05, 4.69) is 47.9 Å². The predicted molar refractivity (Wildman–Crippen MR) is 321 cm³/mol. The van der Waals surface area contributed by atoms with Gasteiger partial charge in [-0.25, -0.2) is 4.79 Å². The van der Waals surface area contributed by atoms with Crippen molar-refractivity contribution in [2.24, 2.45) is 52.2 Å². The molecule has 0 aromatic heterocycles. The smallest absolute Gasteiger partial charge is 0.326 e. The van der Waals surface area contributed by atoms with Crippen molar-refractivity contribution in [1.82, 2.24) is 47.9 Å². The number of benzene rings is 1. The van der Waals surface area contributed by atoms with E-state index in [1.54, 1.807) is 53.7 Å². The van der Waals surface area contributed by atoms with Crippen LogP contribution in [-0.4, -0.2) is 172 Å². The van der Waals surface area contributed by atoms with E-state index in [1.807, 2.05) is 0 Å². The maximum absolute atomic E-state index is 14.3. The Morgan fingerprint density at radius 2 is 0.816 bits per heavy atom. The van der Waals surface area contributed by atoms with Crippen molar-refractivity contribution < 1.29 is 72.9 Å². The zero-order valence-corrected chi connectivity index (χ0v) is 51.3. The molecule has 0 aliphatic rings. The first-order valence-electron chi connectivity index (χ1n) is 29.7. The van der Waals surface area contributed by atoms with Gasteiger partial charge in [-0.3, -0.25) is 52.7 Å². The Kier molecular flexibility index (Phi) is 36.3. The summed E-state index contributed by atoms with van der Waals surface area (Å²) in [6.07, 6.45) is -0.858. The van der Waals surface area contributed by atoms with E-state index in [9.17, 15) is 72.9 Å². The molecule has 87 heavy (non-hydrogen) atoms. The molecule has 0 aliphatic heterocycles. The first-order valence-corrected chi connectivity index (χ1v) is 29.7. The molecule has 1 aromatic rings. The Balaban J connectivity index is 3.56. The topological polar surface area (TPSA) is 530 Å². The first kappa shape index (κ1) is 77.5. The predicted octanol–water partition coefficient (Wildman–Crippen LogP) is -3.63. The standard InChI is InChI=1S/C57H99N15O15/c1-30(2)26-40(52(81)64-37(15-9-12-24-59)50(79)70-43(57(86)87)27-31(3)4)69-56(85)47(33(7)73)72-54(83)42(29-45(63)76)68-51(80)39(21-22-44(62)75)65-49(78)38(16-10-13-25-60)66-55(84)46(32(5)6)71-53(82)41(28-34-17-19-35(74)20-18-34)67-48(77)36(61)14-8-11-23-58/h17-20,30-33,36-43,46-47,73-74H,8-16,21-29,58-61H2,1-7H3,(H2,62,75)(H2,63,76)(H,64,81)(H,65,78)(H,66,84)(H,67,77)(H,68,80)(H,69,85)(H,70,79)(H,71,82)(H,72,83)(H,86,87)/t33-,36+,37+,38+,39+,40+,41+,42+,43+,46+,47+/m1/s1. The largest absolute Gasteiger partial charge is 0.508 e. The van der Waals surface area contributed by atoms with Crippen LogP contribution in [0.1, 0.15) is 144 Å². The Hall–Kier alpha value is -7.54. The highest BCUT2D eigenvalue weighted by atomic mass is 16.4. The van der Waals surface area contributed by atoms with Crippen molar-refractivity contribution in [2.75, 3.05) is 19.6 Å². The van der Waals surface area contributed by atoms with E-state index in [4.69, 9.17) is 34.4 Å². The van der Waals surface area contributed by atoms with Crippen molar-refractivity contribution in [3.63, 3.8) is 0 Å². The maximum Gasteiger partial charge on any atom is 0.326 e. The summed E-state index contributed by atoms with van der Waals surface area (Å²) >= 11 is 0. The van der Waals surface area contributed by atoms with Gasteiger partial charge in [0.2, 0.25) is 65.0 Å². The second-order valence-corrected chi connectivity index (χ2v) is 23.0. The summed E-state index contributed by atoms with van der Waals surface area (Å²) in [5.74, 6) is -12.9. The van der Waals surface area contributed by atoms with Gasteiger partial charge in [-0.2, -0.15) is 0 Å². The highest BCUT2D eigenvalue weighted by Crippen LogP contribution is 2.15. The Morgan fingerprint density at radius 1 is 0.437 bits per heavy atom. The Labute approximate surface area is 508 Å². The van der Waals surface area contributed by atoms with Crippen molar-refractivity contribution >= 4 is 70.9 Å². The number of aliphatic hydroxyl groups excluding tert-OH is 1. The molecule has 0 saturated carbocycles. The van der Waals surface area contributed by atoms with Gasteiger partial charge in [0.25, 0.3) is 0 Å². The zero-order chi connectivity index (χ0) is 66.1. The number of nitrogens with two attached hydrogens (primary N) is 6. The molecular weight excluding hydrogens is 1130 g/mol. The third-order valence-corrected chi connectivity index (χ3v) is 13.8. The lowest BCUT2D eigenvalue weighted by atomic mass is 9.99. The van der Waals surface area contributed by atoms with Crippen molar-refractivity contribution in [2.45, 2.75) is 211 Å². The van der Waals surface area contributed by atoms with E-state index >= 15 is 0 Å².